The van der Waals surface area contributed by atoms with Crippen molar-refractivity contribution in [3.05, 3.63) is 29.8 Å². The van der Waals surface area contributed by atoms with Crippen LogP contribution in [0.25, 0.3) is 0 Å². The predicted molar refractivity (Wildman–Crippen MR) is 61.5 cm³/mol. The molecule has 0 radical (unpaired) electrons. The molecule has 1 N–H and O–H groups in total. The highest BCUT2D eigenvalue weighted by Crippen LogP contribution is 2.29. The number of rotatable bonds is 4. The van der Waals surface area contributed by atoms with E-state index < -0.39 is 21.8 Å². The van der Waals surface area contributed by atoms with Crippen molar-refractivity contribution in [3.8, 4) is 0 Å². The fourth-order valence-corrected chi connectivity index (χ4v) is 2.40. The Morgan fingerprint density at radius 3 is 2.06 bits per heavy atom. The Balaban J connectivity index is 2.91. The first-order valence-corrected chi connectivity index (χ1v) is 6.78. The normalized spacial score (nSPS) is 13.0. The molecule has 0 aliphatic rings. The quantitative estimate of drug-likeness (QED) is 0.922. The van der Waals surface area contributed by atoms with Crippen molar-refractivity contribution in [3.63, 3.8) is 0 Å². The molecule has 0 aliphatic heterocycles. The van der Waals surface area contributed by atoms with Crippen molar-refractivity contribution in [2.24, 2.45) is 5.92 Å². The molecule has 1 aromatic carbocycles. The van der Waals surface area contributed by atoms with Crippen LogP contribution in [0.15, 0.2) is 29.2 Å². The third-order valence-electron chi connectivity index (χ3n) is 2.17. The Morgan fingerprint density at radius 1 is 1.17 bits per heavy atom. The summed E-state index contributed by atoms with van der Waals surface area (Å²) in [4.78, 5) is -0.170. The second-order valence-corrected chi connectivity index (χ2v) is 6.03. The van der Waals surface area contributed by atoms with Gasteiger partial charge in [0.2, 0.25) is 10.0 Å². The lowest BCUT2D eigenvalue weighted by atomic mass is 10.2. The van der Waals surface area contributed by atoms with Crippen molar-refractivity contribution < 1.29 is 21.6 Å². The average Bonchev–Trinajstić information content (AvgIpc) is 2.26. The molecule has 0 unspecified atom stereocenters. The van der Waals surface area contributed by atoms with Crippen LogP contribution in [0.1, 0.15) is 19.4 Å². The van der Waals surface area contributed by atoms with E-state index in [1.165, 1.54) is 0 Å². The maximum absolute atomic E-state index is 12.3. The van der Waals surface area contributed by atoms with Crippen LogP contribution in [-0.4, -0.2) is 15.0 Å². The lowest BCUT2D eigenvalue weighted by molar-refractivity contribution is -0.137. The molecule has 0 saturated carbocycles. The molecular weight excluding hydrogens is 267 g/mol. The Morgan fingerprint density at radius 2 is 1.67 bits per heavy atom. The van der Waals surface area contributed by atoms with Gasteiger partial charge in [0, 0.05) is 6.54 Å². The van der Waals surface area contributed by atoms with Gasteiger partial charge in [-0.15, -0.1) is 0 Å². The first kappa shape index (κ1) is 15.0. The molecule has 0 bridgehead atoms. The third-order valence-corrected chi connectivity index (χ3v) is 3.61. The maximum Gasteiger partial charge on any atom is 0.416 e. The maximum atomic E-state index is 12.3. The molecule has 0 heterocycles. The zero-order valence-corrected chi connectivity index (χ0v) is 10.8. The molecule has 3 nitrogen and oxygen atoms in total. The minimum Gasteiger partial charge on any atom is -0.211 e. The van der Waals surface area contributed by atoms with Crippen LogP contribution < -0.4 is 4.72 Å². The minimum absolute atomic E-state index is 0.120. The van der Waals surface area contributed by atoms with Gasteiger partial charge in [0.25, 0.3) is 0 Å². The second-order valence-electron chi connectivity index (χ2n) is 4.27. The molecule has 0 spiro atoms. The molecule has 1 aromatic rings. The van der Waals surface area contributed by atoms with E-state index in [2.05, 4.69) is 4.72 Å². The standard InChI is InChI=1S/C11H14F3NO2S/c1-8(2)7-15-18(16,17)10-5-3-9(4-6-10)11(12,13)14/h3-6,8,15H,7H2,1-2H3. The van der Waals surface area contributed by atoms with E-state index in [0.29, 0.717) is 0 Å². The van der Waals surface area contributed by atoms with Crippen molar-refractivity contribution in [1.29, 1.82) is 0 Å². The van der Waals surface area contributed by atoms with Crippen LogP contribution >= 0.6 is 0 Å². The molecule has 0 amide bonds. The van der Waals surface area contributed by atoms with E-state index in [1.54, 1.807) is 0 Å². The zero-order chi connectivity index (χ0) is 14.0. The number of halogens is 3. The monoisotopic (exact) mass is 281 g/mol. The largest absolute Gasteiger partial charge is 0.416 e. The number of hydrogen-bond acceptors (Lipinski definition) is 2. The van der Waals surface area contributed by atoms with E-state index in [9.17, 15) is 21.6 Å². The average molecular weight is 281 g/mol. The lowest BCUT2D eigenvalue weighted by Crippen LogP contribution is -2.27. The summed E-state index contributed by atoms with van der Waals surface area (Å²) in [6.07, 6.45) is -4.46. The number of hydrogen-bond donors (Lipinski definition) is 1. The SMILES string of the molecule is CC(C)CNS(=O)(=O)c1ccc(C(F)(F)F)cc1. The van der Waals surface area contributed by atoms with Gasteiger partial charge in [0.1, 0.15) is 0 Å². The first-order chi connectivity index (χ1) is 8.13. The van der Waals surface area contributed by atoms with E-state index >= 15 is 0 Å². The van der Waals surface area contributed by atoms with E-state index in [1.807, 2.05) is 13.8 Å². The Kier molecular flexibility index (Phi) is 4.39. The number of nitrogens with one attached hydrogen (secondary N) is 1. The molecule has 1 rings (SSSR count). The summed E-state index contributed by atoms with van der Waals surface area (Å²) in [5.41, 5.74) is -0.870. The summed E-state index contributed by atoms with van der Waals surface area (Å²) >= 11 is 0. The summed E-state index contributed by atoms with van der Waals surface area (Å²) in [6.45, 7) is 3.90. The zero-order valence-electron chi connectivity index (χ0n) is 9.95. The number of benzene rings is 1. The molecule has 0 aliphatic carbocycles. The molecule has 18 heavy (non-hydrogen) atoms. The van der Waals surface area contributed by atoms with Gasteiger partial charge < -0.3 is 0 Å². The Labute approximate surface area is 104 Å². The molecule has 102 valence electrons. The fraction of sp³-hybridized carbons (Fsp3) is 0.455. The van der Waals surface area contributed by atoms with E-state index in [0.717, 1.165) is 24.3 Å². The second kappa shape index (κ2) is 5.27. The molecule has 0 saturated heterocycles. The number of alkyl halides is 3. The van der Waals surface area contributed by atoms with Gasteiger partial charge in [0.15, 0.2) is 0 Å². The van der Waals surface area contributed by atoms with Crippen LogP contribution in [0.5, 0.6) is 0 Å². The summed E-state index contributed by atoms with van der Waals surface area (Å²) < 4.78 is 62.6. The van der Waals surface area contributed by atoms with Crippen molar-refractivity contribution in [1.82, 2.24) is 4.72 Å². The number of sulfonamides is 1. The smallest absolute Gasteiger partial charge is 0.211 e. The highest BCUT2D eigenvalue weighted by Gasteiger charge is 2.30. The molecular formula is C11H14F3NO2S. The highest BCUT2D eigenvalue weighted by atomic mass is 32.2. The van der Waals surface area contributed by atoms with Gasteiger partial charge >= 0.3 is 6.18 Å². The molecule has 0 atom stereocenters. The van der Waals surface area contributed by atoms with Crippen molar-refractivity contribution in [2.45, 2.75) is 24.9 Å². The van der Waals surface area contributed by atoms with Gasteiger partial charge in [-0.1, -0.05) is 13.8 Å². The predicted octanol–water partition coefficient (Wildman–Crippen LogP) is 2.64. The Bertz CT molecular complexity index is 492. The molecule has 7 heteroatoms. The van der Waals surface area contributed by atoms with Crippen molar-refractivity contribution in [2.75, 3.05) is 6.54 Å². The van der Waals surface area contributed by atoms with E-state index in [-0.39, 0.29) is 17.4 Å². The van der Waals surface area contributed by atoms with Crippen LogP contribution in [0.4, 0.5) is 13.2 Å². The Hall–Kier alpha value is -1.08. The summed E-state index contributed by atoms with van der Waals surface area (Å²) in [5, 5.41) is 0. The topological polar surface area (TPSA) is 46.2 Å². The highest BCUT2D eigenvalue weighted by molar-refractivity contribution is 7.89. The first-order valence-electron chi connectivity index (χ1n) is 5.30. The van der Waals surface area contributed by atoms with Gasteiger partial charge in [-0.2, -0.15) is 13.2 Å². The van der Waals surface area contributed by atoms with E-state index in [4.69, 9.17) is 0 Å². The molecule has 0 fully saturated rings. The van der Waals surface area contributed by atoms with Crippen LogP contribution in [-0.2, 0) is 16.2 Å². The minimum atomic E-state index is -4.46. The fourth-order valence-electron chi connectivity index (χ4n) is 1.18. The van der Waals surface area contributed by atoms with Gasteiger partial charge in [0.05, 0.1) is 10.5 Å². The molecule has 0 aromatic heterocycles. The summed E-state index contributed by atoms with van der Waals surface area (Å²) in [6, 6.07) is 3.41. The van der Waals surface area contributed by atoms with Crippen LogP contribution in [0.2, 0.25) is 0 Å². The van der Waals surface area contributed by atoms with Gasteiger partial charge in [-0.05, 0) is 30.2 Å². The van der Waals surface area contributed by atoms with Gasteiger partial charge in [-0.25, -0.2) is 13.1 Å². The van der Waals surface area contributed by atoms with Gasteiger partial charge in [-0.3, -0.25) is 0 Å². The summed E-state index contributed by atoms with van der Waals surface area (Å²) in [5.74, 6) is 0.120. The lowest BCUT2D eigenvalue weighted by Gasteiger charge is -2.10. The third kappa shape index (κ3) is 3.99. The summed E-state index contributed by atoms with van der Waals surface area (Å²) in [7, 11) is -3.73. The van der Waals surface area contributed by atoms with Crippen LogP contribution in [0, 0.1) is 5.92 Å². The van der Waals surface area contributed by atoms with Crippen LogP contribution in [0.3, 0.4) is 0 Å². The van der Waals surface area contributed by atoms with Crippen molar-refractivity contribution >= 4 is 10.0 Å².